The number of hydrogen-bond acceptors (Lipinski definition) is 6. The second kappa shape index (κ2) is 9.46. The van der Waals surface area contributed by atoms with Crippen molar-refractivity contribution < 1.29 is 19.4 Å². The fourth-order valence-corrected chi connectivity index (χ4v) is 6.22. The molecule has 1 N–H and O–H groups in total. The van der Waals surface area contributed by atoms with Gasteiger partial charge in [0.1, 0.15) is 0 Å². The van der Waals surface area contributed by atoms with E-state index in [2.05, 4.69) is 12.1 Å². The van der Waals surface area contributed by atoms with E-state index in [0.717, 1.165) is 40.8 Å². The summed E-state index contributed by atoms with van der Waals surface area (Å²) in [6.45, 7) is 0. The first-order valence-electron chi connectivity index (χ1n) is 12.2. The van der Waals surface area contributed by atoms with E-state index < -0.39 is 5.97 Å². The summed E-state index contributed by atoms with van der Waals surface area (Å²) in [5.74, 6) is 0.231. The molecule has 1 unspecified atom stereocenters. The van der Waals surface area contributed by atoms with Gasteiger partial charge in [0, 0.05) is 5.56 Å². The van der Waals surface area contributed by atoms with E-state index in [-0.39, 0.29) is 17.2 Å². The normalized spacial score (nSPS) is 16.3. The summed E-state index contributed by atoms with van der Waals surface area (Å²) in [6, 6.07) is 20.2. The summed E-state index contributed by atoms with van der Waals surface area (Å²) in [4.78, 5) is 30.8. The van der Waals surface area contributed by atoms with Gasteiger partial charge in [0.25, 0.3) is 5.56 Å². The number of fused-ring (bicyclic) bond motifs is 3. The molecular formula is C30H24N2O5S. The topological polar surface area (TPSA) is 90.1 Å². The Morgan fingerprint density at radius 3 is 2.53 bits per heavy atom. The Balaban J connectivity index is 1.58. The predicted molar refractivity (Wildman–Crippen MR) is 146 cm³/mol. The van der Waals surface area contributed by atoms with Crippen molar-refractivity contribution in [3.63, 3.8) is 0 Å². The molecule has 2 heterocycles. The monoisotopic (exact) mass is 524 g/mol. The molecule has 3 aromatic carbocycles. The maximum absolute atomic E-state index is 13.9. The minimum atomic E-state index is -0.989. The number of aryl methyl sites for hydroxylation is 1. The number of benzene rings is 3. The number of ether oxygens (including phenoxy) is 2. The molecule has 7 nitrogen and oxygen atoms in total. The van der Waals surface area contributed by atoms with Crippen LogP contribution in [0.25, 0.3) is 11.8 Å². The van der Waals surface area contributed by atoms with E-state index in [0.29, 0.717) is 20.8 Å². The van der Waals surface area contributed by atoms with Gasteiger partial charge in [0.05, 0.1) is 36.1 Å². The summed E-state index contributed by atoms with van der Waals surface area (Å²) in [6.07, 6.45) is 3.45. The Kier molecular flexibility index (Phi) is 5.96. The molecule has 8 heteroatoms. The zero-order chi connectivity index (χ0) is 26.4. The standard InChI is InChI=1S/C30H24N2O5S/c1-36-23-14-12-20(16-24(23)37-2)27-22-13-11-18-5-3-4-6-21(18)26(22)31-30-32(27)28(33)25(38-30)15-17-7-9-19(10-8-17)29(34)35/h3-10,12,14-16,27H,11,13H2,1-2H3,(H,34,35). The number of allylic oxidation sites excluding steroid dienone is 1. The van der Waals surface area contributed by atoms with Gasteiger partial charge in [-0.25, -0.2) is 9.79 Å². The summed E-state index contributed by atoms with van der Waals surface area (Å²) >= 11 is 1.34. The molecule has 0 saturated heterocycles. The minimum Gasteiger partial charge on any atom is -0.493 e. The highest BCUT2D eigenvalue weighted by Gasteiger charge is 2.33. The van der Waals surface area contributed by atoms with Crippen molar-refractivity contribution >= 4 is 29.1 Å². The van der Waals surface area contributed by atoms with E-state index in [1.54, 1.807) is 37.0 Å². The number of carboxylic acids is 1. The predicted octanol–water partition coefficient (Wildman–Crippen LogP) is 4.03. The molecular weight excluding hydrogens is 500 g/mol. The van der Waals surface area contributed by atoms with Gasteiger partial charge in [0.15, 0.2) is 16.3 Å². The SMILES string of the molecule is COc1ccc(C2C3=C(N=c4sc(=Cc5ccc(C(=O)O)cc5)c(=O)n42)c2ccccc2CC3)cc1OC. The van der Waals surface area contributed by atoms with Gasteiger partial charge >= 0.3 is 5.97 Å². The Labute approximate surface area is 222 Å². The van der Waals surface area contributed by atoms with Crippen LogP contribution >= 0.6 is 11.3 Å². The molecule has 2 aliphatic rings. The second-order valence-corrected chi connectivity index (χ2v) is 10.2. The van der Waals surface area contributed by atoms with Crippen LogP contribution in [0, 0.1) is 0 Å². The summed E-state index contributed by atoms with van der Waals surface area (Å²) in [7, 11) is 3.20. The van der Waals surface area contributed by atoms with Crippen LogP contribution in [0.2, 0.25) is 0 Å². The lowest BCUT2D eigenvalue weighted by Crippen LogP contribution is -2.38. The smallest absolute Gasteiger partial charge is 0.335 e. The van der Waals surface area contributed by atoms with Crippen molar-refractivity contribution in [2.24, 2.45) is 4.99 Å². The highest BCUT2D eigenvalue weighted by molar-refractivity contribution is 7.07. The molecule has 0 saturated carbocycles. The fraction of sp³-hybridized carbons (Fsp3) is 0.167. The summed E-state index contributed by atoms with van der Waals surface area (Å²) in [5, 5.41) is 9.20. The van der Waals surface area contributed by atoms with Crippen molar-refractivity contribution in [2.45, 2.75) is 18.9 Å². The Hall–Kier alpha value is -4.43. The summed E-state index contributed by atoms with van der Waals surface area (Å²) in [5.41, 5.74) is 6.09. The number of aromatic carboxylic acids is 1. The Bertz CT molecular complexity index is 1800. The lowest BCUT2D eigenvalue weighted by Gasteiger charge is -2.31. The molecule has 1 atom stereocenters. The van der Waals surface area contributed by atoms with Gasteiger partial charge in [-0.2, -0.15) is 0 Å². The minimum absolute atomic E-state index is 0.138. The lowest BCUT2D eigenvalue weighted by atomic mass is 9.83. The number of carboxylic acid groups (broad SMARTS) is 1. The van der Waals surface area contributed by atoms with Gasteiger partial charge in [-0.1, -0.05) is 53.8 Å². The molecule has 6 rings (SSSR count). The third-order valence-corrected chi connectivity index (χ3v) is 8.03. The molecule has 0 fully saturated rings. The Morgan fingerprint density at radius 1 is 1.03 bits per heavy atom. The van der Waals surface area contributed by atoms with Crippen LogP contribution in [0.1, 0.15) is 45.1 Å². The molecule has 0 radical (unpaired) electrons. The maximum Gasteiger partial charge on any atom is 0.335 e. The first-order valence-corrected chi connectivity index (χ1v) is 13.0. The zero-order valence-electron chi connectivity index (χ0n) is 20.8. The van der Waals surface area contributed by atoms with E-state index in [1.165, 1.54) is 29.0 Å². The Morgan fingerprint density at radius 2 is 1.79 bits per heavy atom. The number of rotatable bonds is 5. The van der Waals surface area contributed by atoms with Crippen molar-refractivity contribution in [1.29, 1.82) is 0 Å². The molecule has 0 bridgehead atoms. The van der Waals surface area contributed by atoms with Crippen LogP contribution < -0.4 is 24.4 Å². The van der Waals surface area contributed by atoms with Crippen LogP contribution in [-0.2, 0) is 6.42 Å². The highest BCUT2D eigenvalue weighted by atomic mass is 32.1. The average Bonchev–Trinajstić information content (AvgIpc) is 3.25. The molecule has 1 aliphatic carbocycles. The average molecular weight is 525 g/mol. The maximum atomic E-state index is 13.9. The van der Waals surface area contributed by atoms with Crippen LogP contribution in [0.15, 0.2) is 82.1 Å². The first-order chi connectivity index (χ1) is 18.5. The number of nitrogens with zero attached hydrogens (tertiary/aromatic N) is 2. The van der Waals surface area contributed by atoms with E-state index in [9.17, 15) is 14.7 Å². The van der Waals surface area contributed by atoms with Crippen molar-refractivity contribution in [1.82, 2.24) is 4.57 Å². The fourth-order valence-electron chi connectivity index (χ4n) is 5.22. The number of aromatic nitrogens is 1. The van der Waals surface area contributed by atoms with Gasteiger partial charge in [-0.15, -0.1) is 0 Å². The van der Waals surface area contributed by atoms with E-state index >= 15 is 0 Å². The highest BCUT2D eigenvalue weighted by Crippen LogP contribution is 2.42. The molecule has 190 valence electrons. The van der Waals surface area contributed by atoms with E-state index in [4.69, 9.17) is 14.5 Å². The van der Waals surface area contributed by atoms with Crippen molar-refractivity contribution in [3.8, 4) is 11.5 Å². The third kappa shape index (κ3) is 3.94. The van der Waals surface area contributed by atoms with Crippen molar-refractivity contribution in [3.05, 3.63) is 120 Å². The molecule has 4 aromatic rings. The zero-order valence-corrected chi connectivity index (χ0v) is 21.6. The van der Waals surface area contributed by atoms with Crippen LogP contribution in [-0.4, -0.2) is 29.9 Å². The number of hydrogen-bond donors (Lipinski definition) is 1. The molecule has 1 aliphatic heterocycles. The quantitative estimate of drug-likeness (QED) is 0.426. The number of thiazole rings is 1. The van der Waals surface area contributed by atoms with Gasteiger partial charge in [0.2, 0.25) is 0 Å². The largest absolute Gasteiger partial charge is 0.493 e. The summed E-state index contributed by atoms with van der Waals surface area (Å²) < 4.78 is 13.4. The first kappa shape index (κ1) is 23.9. The van der Waals surface area contributed by atoms with Crippen LogP contribution in [0.3, 0.4) is 0 Å². The van der Waals surface area contributed by atoms with Crippen LogP contribution in [0.5, 0.6) is 11.5 Å². The van der Waals surface area contributed by atoms with Gasteiger partial charge in [-0.3, -0.25) is 9.36 Å². The van der Waals surface area contributed by atoms with Crippen LogP contribution in [0.4, 0.5) is 0 Å². The van der Waals surface area contributed by atoms with Gasteiger partial charge < -0.3 is 14.6 Å². The molecule has 38 heavy (non-hydrogen) atoms. The molecule has 0 spiro atoms. The van der Waals surface area contributed by atoms with E-state index in [1.807, 2.05) is 30.3 Å². The van der Waals surface area contributed by atoms with Gasteiger partial charge in [-0.05, 0) is 65.4 Å². The lowest BCUT2D eigenvalue weighted by molar-refractivity contribution is 0.0697. The number of methoxy groups -OCH3 is 2. The third-order valence-electron chi connectivity index (χ3n) is 7.05. The van der Waals surface area contributed by atoms with Crippen molar-refractivity contribution in [2.75, 3.05) is 14.2 Å². The number of carbonyl (C=O) groups is 1. The second-order valence-electron chi connectivity index (χ2n) is 9.16. The molecule has 1 aromatic heterocycles. The molecule has 0 amide bonds.